The Labute approximate surface area is 219 Å². The van der Waals surface area contributed by atoms with Gasteiger partial charge in [-0.2, -0.15) is 13.2 Å². The normalized spacial score (nSPS) is 28.5. The Bertz CT molecular complexity index is 941. The van der Waals surface area contributed by atoms with Gasteiger partial charge in [-0.1, -0.05) is 25.8 Å². The van der Waals surface area contributed by atoms with Gasteiger partial charge in [0.05, 0.1) is 24.1 Å². The van der Waals surface area contributed by atoms with Crippen molar-refractivity contribution in [1.82, 2.24) is 9.80 Å². The first-order chi connectivity index (χ1) is 17.7. The van der Waals surface area contributed by atoms with Crippen LogP contribution >= 0.6 is 0 Å². The Kier molecular flexibility index (Phi) is 8.06. The third kappa shape index (κ3) is 5.80. The summed E-state index contributed by atoms with van der Waals surface area (Å²) < 4.78 is 46.5. The molecule has 3 aliphatic heterocycles. The molecule has 8 heteroatoms. The van der Waals surface area contributed by atoms with Crippen molar-refractivity contribution in [2.75, 3.05) is 51.3 Å². The summed E-state index contributed by atoms with van der Waals surface area (Å²) in [6.07, 6.45) is 4.27. The molecule has 0 N–H and O–H groups in total. The minimum atomic E-state index is -4.37. The fraction of sp³-hybridized carbons (Fsp3) is 0.759. The molecule has 5 nitrogen and oxygen atoms in total. The minimum absolute atomic E-state index is 0.00747. The third-order valence-electron chi connectivity index (χ3n) is 9.39. The summed E-state index contributed by atoms with van der Waals surface area (Å²) in [7, 11) is 1.66. The van der Waals surface area contributed by atoms with Crippen LogP contribution in [0, 0.1) is 11.8 Å². The number of halogens is 3. The molecular formula is C29H42F3N3O2. The van der Waals surface area contributed by atoms with E-state index in [1.165, 1.54) is 37.8 Å². The number of nitrogens with zero attached hydrogens (tertiary/aromatic N) is 3. The Morgan fingerprint density at radius 1 is 1.03 bits per heavy atom. The van der Waals surface area contributed by atoms with Crippen LogP contribution in [0.5, 0.6) is 0 Å². The number of piperidine rings is 1. The Morgan fingerprint density at radius 3 is 2.43 bits per heavy atom. The number of hydrogen-bond acceptors (Lipinski definition) is 4. The largest absolute Gasteiger partial charge is 0.416 e. The average Bonchev–Trinajstić information content (AvgIpc) is 3.64. The predicted octanol–water partition coefficient (Wildman–Crippen LogP) is 5.54. The van der Waals surface area contributed by atoms with Gasteiger partial charge in [-0.3, -0.25) is 9.69 Å². The number of hydrogen-bond donors (Lipinski definition) is 0. The van der Waals surface area contributed by atoms with E-state index in [0.717, 1.165) is 57.4 Å². The molecule has 3 unspecified atom stereocenters. The molecule has 1 aromatic rings. The molecule has 0 radical (unpaired) electrons. The van der Waals surface area contributed by atoms with Crippen molar-refractivity contribution in [3.05, 3.63) is 29.3 Å². The van der Waals surface area contributed by atoms with E-state index in [1.54, 1.807) is 13.2 Å². The number of alkyl halides is 3. The molecule has 37 heavy (non-hydrogen) atoms. The molecule has 0 bridgehead atoms. The fourth-order valence-electron chi connectivity index (χ4n) is 7.18. The summed E-state index contributed by atoms with van der Waals surface area (Å²) >= 11 is 0. The molecule has 4 fully saturated rings. The number of ether oxygens (including phenoxy) is 1. The van der Waals surface area contributed by atoms with E-state index in [1.807, 2.05) is 4.90 Å². The lowest BCUT2D eigenvalue weighted by Crippen LogP contribution is -2.43. The van der Waals surface area contributed by atoms with Gasteiger partial charge in [-0.15, -0.1) is 0 Å². The van der Waals surface area contributed by atoms with Gasteiger partial charge in [0, 0.05) is 50.9 Å². The van der Waals surface area contributed by atoms with Crippen molar-refractivity contribution < 1.29 is 22.7 Å². The summed E-state index contributed by atoms with van der Waals surface area (Å²) in [6, 6.07) is 4.83. The van der Waals surface area contributed by atoms with Gasteiger partial charge in [0.2, 0.25) is 5.91 Å². The highest BCUT2D eigenvalue weighted by molar-refractivity contribution is 5.80. The second-order valence-electron chi connectivity index (χ2n) is 11.9. The summed E-state index contributed by atoms with van der Waals surface area (Å²) in [5, 5.41) is 0. The first-order valence-corrected chi connectivity index (χ1v) is 14.2. The van der Waals surface area contributed by atoms with Crippen molar-refractivity contribution in [3.63, 3.8) is 0 Å². The molecule has 1 saturated carbocycles. The topological polar surface area (TPSA) is 36.0 Å². The highest BCUT2D eigenvalue weighted by Gasteiger charge is 2.43. The number of amides is 1. The summed E-state index contributed by atoms with van der Waals surface area (Å²) in [6.45, 7) is 6.58. The molecule has 5 rings (SSSR count). The number of rotatable bonds is 6. The number of anilines is 1. The third-order valence-corrected chi connectivity index (χ3v) is 9.39. The molecular weight excluding hydrogens is 479 g/mol. The quantitative estimate of drug-likeness (QED) is 0.493. The van der Waals surface area contributed by atoms with E-state index >= 15 is 0 Å². The zero-order valence-electron chi connectivity index (χ0n) is 22.3. The van der Waals surface area contributed by atoms with Crippen molar-refractivity contribution in [1.29, 1.82) is 0 Å². The summed E-state index contributed by atoms with van der Waals surface area (Å²) in [4.78, 5) is 20.4. The molecule has 4 aliphatic rings. The second kappa shape index (κ2) is 11.1. The van der Waals surface area contributed by atoms with Gasteiger partial charge in [0.15, 0.2) is 0 Å². The molecule has 1 amide bonds. The molecule has 3 saturated heterocycles. The Morgan fingerprint density at radius 2 is 1.76 bits per heavy atom. The van der Waals surface area contributed by atoms with Crippen molar-refractivity contribution in [3.8, 4) is 0 Å². The van der Waals surface area contributed by atoms with Crippen LogP contribution in [-0.2, 0) is 15.7 Å². The van der Waals surface area contributed by atoms with Crippen LogP contribution in [0.25, 0.3) is 0 Å². The molecule has 1 aromatic carbocycles. The minimum Gasteiger partial charge on any atom is -0.383 e. The van der Waals surface area contributed by atoms with E-state index in [2.05, 4.69) is 16.7 Å². The number of likely N-dealkylation sites (tertiary alicyclic amines) is 2. The van der Waals surface area contributed by atoms with Gasteiger partial charge < -0.3 is 14.5 Å². The molecule has 3 atom stereocenters. The van der Waals surface area contributed by atoms with E-state index in [9.17, 15) is 18.0 Å². The van der Waals surface area contributed by atoms with Gasteiger partial charge in [-0.05, 0) is 68.7 Å². The lowest BCUT2D eigenvalue weighted by molar-refractivity contribution is -0.138. The van der Waals surface area contributed by atoms with Crippen LogP contribution < -0.4 is 4.90 Å². The Hall–Kier alpha value is -1.80. The monoisotopic (exact) mass is 521 g/mol. The first-order valence-electron chi connectivity index (χ1n) is 14.2. The maximum absolute atomic E-state index is 13.8. The number of benzene rings is 1. The van der Waals surface area contributed by atoms with Gasteiger partial charge in [0.1, 0.15) is 0 Å². The second-order valence-corrected chi connectivity index (χ2v) is 11.9. The first kappa shape index (κ1) is 26.8. The molecule has 0 aromatic heterocycles. The van der Waals surface area contributed by atoms with E-state index in [4.69, 9.17) is 4.74 Å². The summed E-state index contributed by atoms with van der Waals surface area (Å²) in [5.41, 5.74) is 1.05. The maximum Gasteiger partial charge on any atom is 0.416 e. The van der Waals surface area contributed by atoms with E-state index in [0.29, 0.717) is 30.8 Å². The predicted molar refractivity (Wildman–Crippen MR) is 139 cm³/mol. The van der Waals surface area contributed by atoms with Crippen molar-refractivity contribution in [2.24, 2.45) is 11.8 Å². The van der Waals surface area contributed by atoms with Gasteiger partial charge >= 0.3 is 6.18 Å². The van der Waals surface area contributed by atoms with Crippen LogP contribution in [-0.4, -0.2) is 74.2 Å². The van der Waals surface area contributed by atoms with Crippen molar-refractivity contribution in [2.45, 2.75) is 82.5 Å². The molecule has 1 aliphatic carbocycles. The van der Waals surface area contributed by atoms with E-state index in [-0.39, 0.29) is 23.8 Å². The average molecular weight is 522 g/mol. The van der Waals surface area contributed by atoms with Gasteiger partial charge in [0.25, 0.3) is 0 Å². The number of carbonyl (C=O) groups is 1. The summed E-state index contributed by atoms with van der Waals surface area (Å²) in [5.74, 6) is 0.805. The van der Waals surface area contributed by atoms with Crippen LogP contribution in [0.3, 0.4) is 0 Å². The SMILES string of the molecule is COCC1CC(c2ccc(C(F)(F)F)cc2N2CCC(C)CC2)CN1C(=O)C1CCN(C2CCCC2)C1. The van der Waals surface area contributed by atoms with Crippen LogP contribution in [0.4, 0.5) is 18.9 Å². The maximum atomic E-state index is 13.8. The molecule has 206 valence electrons. The highest BCUT2D eigenvalue weighted by atomic mass is 19.4. The molecule has 0 spiro atoms. The lowest BCUT2D eigenvalue weighted by atomic mass is 9.91. The van der Waals surface area contributed by atoms with Crippen LogP contribution in [0.2, 0.25) is 0 Å². The number of carbonyl (C=O) groups excluding carboxylic acids is 1. The Balaban J connectivity index is 1.36. The van der Waals surface area contributed by atoms with Crippen LogP contribution in [0.15, 0.2) is 18.2 Å². The van der Waals surface area contributed by atoms with Crippen LogP contribution in [0.1, 0.15) is 75.3 Å². The standard InChI is InChI=1S/C29H42F3N3O2/c1-20-9-12-33(13-10-20)27-16-23(29(30,31)32)7-8-26(27)22-15-25(19-37-2)35(18-22)28(36)21-11-14-34(17-21)24-5-3-4-6-24/h7-8,16,20-22,24-25H,3-6,9-15,17-19H2,1-2H3. The van der Waals surface area contributed by atoms with Gasteiger partial charge in [-0.25, -0.2) is 0 Å². The zero-order valence-corrected chi connectivity index (χ0v) is 22.3. The highest BCUT2D eigenvalue weighted by Crippen LogP contribution is 2.42. The fourth-order valence-corrected chi connectivity index (χ4v) is 7.18. The number of methoxy groups -OCH3 is 1. The lowest BCUT2D eigenvalue weighted by Gasteiger charge is -2.35. The van der Waals surface area contributed by atoms with E-state index < -0.39 is 11.7 Å². The molecule has 3 heterocycles. The smallest absolute Gasteiger partial charge is 0.383 e. The zero-order chi connectivity index (χ0) is 26.2. The van der Waals surface area contributed by atoms with Crippen molar-refractivity contribution >= 4 is 11.6 Å².